The molecule has 7 heteroatoms. The Morgan fingerprint density at radius 3 is 2.23 bits per heavy atom. The van der Waals surface area contributed by atoms with E-state index in [1.165, 1.54) is 0 Å². The fourth-order valence-corrected chi connectivity index (χ4v) is 2.98. The van der Waals surface area contributed by atoms with Crippen LogP contribution in [0.1, 0.15) is 0 Å². The van der Waals surface area contributed by atoms with Gasteiger partial charge in [0.2, 0.25) is 0 Å². The number of pyridine rings is 1. The van der Waals surface area contributed by atoms with Crippen LogP contribution in [-0.4, -0.2) is 19.7 Å². The van der Waals surface area contributed by atoms with Gasteiger partial charge < -0.3 is 0 Å². The van der Waals surface area contributed by atoms with Gasteiger partial charge in [-0.05, 0) is 0 Å². The Labute approximate surface area is 90.6 Å². The summed E-state index contributed by atoms with van der Waals surface area (Å²) in [6.45, 7) is 0. The van der Waals surface area contributed by atoms with Gasteiger partial charge >= 0.3 is 0 Å². The Morgan fingerprint density at radius 2 is 1.85 bits per heavy atom. The van der Waals surface area contributed by atoms with E-state index in [1.807, 2.05) is 0 Å². The van der Waals surface area contributed by atoms with Crippen molar-refractivity contribution in [1.29, 1.82) is 0 Å². The maximum atomic E-state index is 11.2. The minimum atomic E-state index is -3.48. The molecule has 0 bridgehead atoms. The standard InChI is InChI=1S/C6H4Cl3NO2S/c1-13(11,12)5-3(7)2-10-6(9)4(5)8/h2H,1H3. The number of nitrogens with zero attached hydrogens (tertiary/aromatic N) is 1. The van der Waals surface area contributed by atoms with E-state index in [9.17, 15) is 8.42 Å². The minimum Gasteiger partial charge on any atom is -0.241 e. The molecule has 0 spiro atoms. The molecular formula is C6H4Cl3NO2S. The number of sulfone groups is 1. The molecule has 0 unspecified atom stereocenters. The Morgan fingerprint density at radius 1 is 1.31 bits per heavy atom. The van der Waals surface area contributed by atoms with Crippen molar-refractivity contribution in [1.82, 2.24) is 4.98 Å². The smallest absolute Gasteiger partial charge is 0.178 e. The molecule has 0 N–H and O–H groups in total. The van der Waals surface area contributed by atoms with Crippen LogP contribution in [0.2, 0.25) is 15.2 Å². The highest BCUT2D eigenvalue weighted by atomic mass is 35.5. The third-order valence-corrected chi connectivity index (χ3v) is 3.69. The predicted molar refractivity (Wildman–Crippen MR) is 52.4 cm³/mol. The van der Waals surface area contributed by atoms with Crippen molar-refractivity contribution >= 4 is 44.6 Å². The summed E-state index contributed by atoms with van der Waals surface area (Å²) in [4.78, 5) is 3.41. The molecule has 3 nitrogen and oxygen atoms in total. The quantitative estimate of drug-likeness (QED) is 0.729. The molecule has 0 fully saturated rings. The summed E-state index contributed by atoms with van der Waals surface area (Å²) in [5.41, 5.74) is 0. The van der Waals surface area contributed by atoms with Gasteiger partial charge in [-0.15, -0.1) is 0 Å². The van der Waals surface area contributed by atoms with Crippen LogP contribution in [-0.2, 0) is 9.84 Å². The Kier molecular flexibility index (Phi) is 3.07. The summed E-state index contributed by atoms with van der Waals surface area (Å²) >= 11 is 16.8. The first-order valence-corrected chi connectivity index (χ1v) is 6.06. The first-order chi connectivity index (χ1) is 5.84. The summed E-state index contributed by atoms with van der Waals surface area (Å²) in [5, 5.41) is -0.250. The number of aromatic nitrogens is 1. The molecule has 1 aromatic rings. The number of halogens is 3. The van der Waals surface area contributed by atoms with Crippen LogP contribution in [0.3, 0.4) is 0 Å². The lowest BCUT2D eigenvalue weighted by molar-refractivity contribution is 0.602. The molecule has 0 aliphatic rings. The van der Waals surface area contributed by atoms with Gasteiger partial charge in [0, 0.05) is 12.5 Å². The van der Waals surface area contributed by atoms with E-state index in [4.69, 9.17) is 34.8 Å². The van der Waals surface area contributed by atoms with Crippen LogP contribution in [0.25, 0.3) is 0 Å². The highest BCUT2D eigenvalue weighted by molar-refractivity contribution is 7.91. The van der Waals surface area contributed by atoms with E-state index in [0.29, 0.717) is 0 Å². The number of hydrogen-bond donors (Lipinski definition) is 0. The fraction of sp³-hybridized carbons (Fsp3) is 0.167. The highest BCUT2D eigenvalue weighted by Crippen LogP contribution is 2.32. The number of rotatable bonds is 1. The molecule has 0 saturated carbocycles. The molecule has 0 saturated heterocycles. The Bertz CT molecular complexity index is 443. The van der Waals surface area contributed by atoms with Crippen molar-refractivity contribution in [3.8, 4) is 0 Å². The zero-order valence-electron chi connectivity index (χ0n) is 6.38. The van der Waals surface area contributed by atoms with Gasteiger partial charge in [-0.1, -0.05) is 34.8 Å². The lowest BCUT2D eigenvalue weighted by atomic mass is 10.5. The second-order valence-electron chi connectivity index (χ2n) is 2.31. The van der Waals surface area contributed by atoms with Crippen molar-refractivity contribution in [2.75, 3.05) is 6.26 Å². The fourth-order valence-electron chi connectivity index (χ4n) is 0.767. The van der Waals surface area contributed by atoms with Gasteiger partial charge in [0.25, 0.3) is 0 Å². The van der Waals surface area contributed by atoms with Crippen LogP contribution in [0.15, 0.2) is 11.1 Å². The lowest BCUT2D eigenvalue weighted by Gasteiger charge is -2.04. The van der Waals surface area contributed by atoms with Crippen molar-refractivity contribution in [2.24, 2.45) is 0 Å². The molecule has 0 aliphatic heterocycles. The molecule has 0 amide bonds. The molecule has 72 valence electrons. The molecule has 13 heavy (non-hydrogen) atoms. The van der Waals surface area contributed by atoms with Crippen LogP contribution in [0.5, 0.6) is 0 Å². The zero-order chi connectivity index (χ0) is 10.2. The Hall–Kier alpha value is -0.0300. The SMILES string of the molecule is CS(=O)(=O)c1c(Cl)cnc(Cl)c1Cl. The first-order valence-electron chi connectivity index (χ1n) is 3.03. The summed E-state index contributed by atoms with van der Waals surface area (Å²) < 4.78 is 22.3. The van der Waals surface area contributed by atoms with Gasteiger partial charge in [0.15, 0.2) is 9.84 Å². The largest absolute Gasteiger partial charge is 0.241 e. The predicted octanol–water partition coefficient (Wildman–Crippen LogP) is 2.45. The van der Waals surface area contributed by atoms with E-state index < -0.39 is 9.84 Å². The van der Waals surface area contributed by atoms with Gasteiger partial charge in [0.05, 0.1) is 10.0 Å². The van der Waals surface area contributed by atoms with E-state index >= 15 is 0 Å². The minimum absolute atomic E-state index is 0.0306. The lowest BCUT2D eigenvalue weighted by Crippen LogP contribution is -2.00. The topological polar surface area (TPSA) is 47.0 Å². The van der Waals surface area contributed by atoms with Crippen molar-refractivity contribution in [3.63, 3.8) is 0 Å². The van der Waals surface area contributed by atoms with Crippen LogP contribution >= 0.6 is 34.8 Å². The monoisotopic (exact) mass is 259 g/mol. The maximum Gasteiger partial charge on any atom is 0.178 e. The average Bonchev–Trinajstić information content (AvgIpc) is 1.95. The third kappa shape index (κ3) is 2.26. The van der Waals surface area contributed by atoms with Crippen molar-refractivity contribution < 1.29 is 8.42 Å². The van der Waals surface area contributed by atoms with Crippen LogP contribution in [0, 0.1) is 0 Å². The molecule has 0 aromatic carbocycles. The van der Waals surface area contributed by atoms with E-state index in [0.717, 1.165) is 12.5 Å². The molecule has 0 atom stereocenters. The van der Waals surface area contributed by atoms with Gasteiger partial charge in [-0.3, -0.25) is 0 Å². The van der Waals surface area contributed by atoms with Crippen LogP contribution < -0.4 is 0 Å². The van der Waals surface area contributed by atoms with Crippen molar-refractivity contribution in [3.05, 3.63) is 21.4 Å². The zero-order valence-corrected chi connectivity index (χ0v) is 9.47. The van der Waals surface area contributed by atoms with E-state index in [1.54, 1.807) is 0 Å². The van der Waals surface area contributed by atoms with E-state index in [-0.39, 0.29) is 20.1 Å². The van der Waals surface area contributed by atoms with Gasteiger partial charge in [-0.2, -0.15) is 0 Å². The molecule has 1 heterocycles. The van der Waals surface area contributed by atoms with Gasteiger partial charge in [-0.25, -0.2) is 13.4 Å². The molecule has 0 aliphatic carbocycles. The third-order valence-electron chi connectivity index (χ3n) is 1.26. The molecular weight excluding hydrogens is 256 g/mol. The first kappa shape index (κ1) is 11.0. The van der Waals surface area contributed by atoms with Crippen molar-refractivity contribution in [2.45, 2.75) is 4.90 Å². The summed E-state index contributed by atoms with van der Waals surface area (Å²) in [7, 11) is -3.48. The van der Waals surface area contributed by atoms with Gasteiger partial charge in [0.1, 0.15) is 10.0 Å². The normalized spacial score (nSPS) is 11.7. The number of hydrogen-bond acceptors (Lipinski definition) is 3. The summed E-state index contributed by atoms with van der Waals surface area (Å²) in [5.74, 6) is 0. The molecule has 0 radical (unpaired) electrons. The summed E-state index contributed by atoms with van der Waals surface area (Å²) in [6.07, 6.45) is 2.14. The highest BCUT2D eigenvalue weighted by Gasteiger charge is 2.19. The molecule has 1 aromatic heterocycles. The van der Waals surface area contributed by atoms with Crippen LogP contribution in [0.4, 0.5) is 0 Å². The Balaban J connectivity index is 3.62. The average molecular weight is 261 g/mol. The van der Waals surface area contributed by atoms with E-state index in [2.05, 4.69) is 4.98 Å². The second-order valence-corrected chi connectivity index (χ2v) is 5.41. The summed E-state index contributed by atoms with van der Waals surface area (Å²) in [6, 6.07) is 0. The second kappa shape index (κ2) is 3.61. The maximum absolute atomic E-state index is 11.2. The molecule has 1 rings (SSSR count).